The first-order valence-corrected chi connectivity index (χ1v) is 8.99. The highest BCUT2D eigenvalue weighted by Gasteiger charge is 2.17. The summed E-state index contributed by atoms with van der Waals surface area (Å²) in [5.74, 6) is -1.20. The molecule has 0 bridgehead atoms. The molecule has 0 spiro atoms. The Hall–Kier alpha value is -2.31. The quantitative estimate of drug-likeness (QED) is 0.638. The Bertz CT molecular complexity index is 707. The van der Waals surface area contributed by atoms with E-state index in [1.54, 1.807) is 11.8 Å². The Kier molecular flexibility index (Phi) is 7.50. The van der Waals surface area contributed by atoms with Gasteiger partial charge < -0.3 is 10.4 Å². The van der Waals surface area contributed by atoms with E-state index >= 15 is 0 Å². The van der Waals surface area contributed by atoms with Crippen LogP contribution in [0.25, 0.3) is 0 Å². The molecule has 0 aliphatic heterocycles. The molecule has 0 radical (unpaired) electrons. The lowest BCUT2D eigenvalue weighted by Gasteiger charge is -2.14. The number of para-hydroxylation sites is 1. The standard InChI is InChI=1S/C19H22N2O3S/c1-2-8-16(19(23)24)20-13-18(22)21-15-11-6-7-12-17(15)25-14-9-4-3-5-10-14/h3-7,9-12,16,20H,2,8,13H2,1H3,(H,21,22)(H,23,24). The zero-order valence-electron chi connectivity index (χ0n) is 14.1. The molecule has 0 saturated carbocycles. The molecular formula is C19H22N2O3S. The van der Waals surface area contributed by atoms with Crippen molar-refractivity contribution in [3.05, 3.63) is 54.6 Å². The molecule has 1 atom stereocenters. The van der Waals surface area contributed by atoms with Crippen LogP contribution < -0.4 is 10.6 Å². The molecule has 0 aliphatic rings. The second-order valence-corrected chi connectivity index (χ2v) is 6.64. The fourth-order valence-electron chi connectivity index (χ4n) is 2.29. The zero-order valence-corrected chi connectivity index (χ0v) is 14.9. The first-order chi connectivity index (χ1) is 12.1. The van der Waals surface area contributed by atoms with Crippen molar-refractivity contribution in [3.63, 3.8) is 0 Å². The lowest BCUT2D eigenvalue weighted by molar-refractivity contribution is -0.139. The van der Waals surface area contributed by atoms with Gasteiger partial charge in [0.2, 0.25) is 5.91 Å². The van der Waals surface area contributed by atoms with E-state index in [-0.39, 0.29) is 12.5 Å². The summed E-state index contributed by atoms with van der Waals surface area (Å²) >= 11 is 1.56. The maximum atomic E-state index is 12.2. The van der Waals surface area contributed by atoms with E-state index in [1.807, 2.05) is 61.5 Å². The van der Waals surface area contributed by atoms with Gasteiger partial charge in [-0.15, -0.1) is 0 Å². The highest BCUT2D eigenvalue weighted by atomic mass is 32.2. The molecule has 1 unspecified atom stereocenters. The molecule has 2 aromatic rings. The Morgan fingerprint density at radius 3 is 2.44 bits per heavy atom. The molecule has 0 heterocycles. The number of rotatable bonds is 9. The summed E-state index contributed by atoms with van der Waals surface area (Å²) in [7, 11) is 0. The van der Waals surface area contributed by atoms with Gasteiger partial charge in [-0.25, -0.2) is 0 Å². The van der Waals surface area contributed by atoms with E-state index in [1.165, 1.54) is 0 Å². The number of amides is 1. The number of carboxylic acid groups (broad SMARTS) is 1. The zero-order chi connectivity index (χ0) is 18.1. The first-order valence-electron chi connectivity index (χ1n) is 8.18. The minimum absolute atomic E-state index is 0.0404. The predicted molar refractivity (Wildman–Crippen MR) is 100.0 cm³/mol. The largest absolute Gasteiger partial charge is 0.480 e. The number of hydrogen-bond acceptors (Lipinski definition) is 4. The van der Waals surface area contributed by atoms with Gasteiger partial charge >= 0.3 is 5.97 Å². The maximum absolute atomic E-state index is 12.2. The van der Waals surface area contributed by atoms with Crippen LogP contribution in [0.15, 0.2) is 64.4 Å². The minimum Gasteiger partial charge on any atom is -0.480 e. The highest BCUT2D eigenvalue weighted by Crippen LogP contribution is 2.33. The number of carbonyl (C=O) groups excluding carboxylic acids is 1. The molecule has 132 valence electrons. The monoisotopic (exact) mass is 358 g/mol. The summed E-state index contributed by atoms with van der Waals surface area (Å²) in [6.45, 7) is 1.87. The first kappa shape index (κ1) is 19.0. The van der Waals surface area contributed by atoms with Gasteiger partial charge in [-0.2, -0.15) is 0 Å². The maximum Gasteiger partial charge on any atom is 0.320 e. The van der Waals surface area contributed by atoms with E-state index in [0.717, 1.165) is 16.2 Å². The van der Waals surface area contributed by atoms with Crippen LogP contribution in [0, 0.1) is 0 Å². The van der Waals surface area contributed by atoms with E-state index in [4.69, 9.17) is 5.11 Å². The van der Waals surface area contributed by atoms with Gasteiger partial charge in [-0.1, -0.05) is 55.4 Å². The second kappa shape index (κ2) is 9.86. The highest BCUT2D eigenvalue weighted by molar-refractivity contribution is 7.99. The van der Waals surface area contributed by atoms with Gasteiger partial charge in [-0.3, -0.25) is 14.9 Å². The summed E-state index contributed by atoms with van der Waals surface area (Å²) < 4.78 is 0. The van der Waals surface area contributed by atoms with E-state index in [0.29, 0.717) is 12.1 Å². The normalized spacial score (nSPS) is 11.7. The third-order valence-electron chi connectivity index (χ3n) is 3.52. The van der Waals surface area contributed by atoms with Gasteiger partial charge in [0.25, 0.3) is 0 Å². The van der Waals surface area contributed by atoms with E-state index in [2.05, 4.69) is 10.6 Å². The summed E-state index contributed by atoms with van der Waals surface area (Å²) in [6.07, 6.45) is 1.23. The summed E-state index contributed by atoms with van der Waals surface area (Å²) in [5.41, 5.74) is 0.713. The fraction of sp³-hybridized carbons (Fsp3) is 0.263. The molecule has 0 fully saturated rings. The smallest absolute Gasteiger partial charge is 0.320 e. The third kappa shape index (κ3) is 6.25. The molecule has 0 saturated heterocycles. The van der Waals surface area contributed by atoms with Crippen LogP contribution >= 0.6 is 11.8 Å². The summed E-state index contributed by atoms with van der Waals surface area (Å²) in [4.78, 5) is 25.3. The molecule has 5 nitrogen and oxygen atoms in total. The van der Waals surface area contributed by atoms with Crippen molar-refractivity contribution in [3.8, 4) is 0 Å². The number of anilines is 1. The van der Waals surface area contributed by atoms with Crippen molar-refractivity contribution in [2.45, 2.75) is 35.6 Å². The van der Waals surface area contributed by atoms with Crippen LogP contribution in [0.5, 0.6) is 0 Å². The van der Waals surface area contributed by atoms with Gasteiger partial charge in [0.1, 0.15) is 6.04 Å². The SMILES string of the molecule is CCCC(NCC(=O)Nc1ccccc1Sc1ccccc1)C(=O)O. The lowest BCUT2D eigenvalue weighted by atomic mass is 10.2. The molecule has 6 heteroatoms. The molecule has 2 aromatic carbocycles. The Labute approximate surface area is 151 Å². The van der Waals surface area contributed by atoms with Crippen LogP contribution in [0.4, 0.5) is 5.69 Å². The second-order valence-electron chi connectivity index (χ2n) is 5.52. The Balaban J connectivity index is 1.97. The van der Waals surface area contributed by atoms with Crippen molar-refractivity contribution in [2.24, 2.45) is 0 Å². The molecule has 3 N–H and O–H groups in total. The molecule has 0 aliphatic carbocycles. The number of aliphatic carboxylic acids is 1. The molecule has 2 rings (SSSR count). The average molecular weight is 358 g/mol. The van der Waals surface area contributed by atoms with Crippen LogP contribution in [-0.2, 0) is 9.59 Å². The predicted octanol–water partition coefficient (Wildman–Crippen LogP) is 3.62. The van der Waals surface area contributed by atoms with Crippen molar-refractivity contribution < 1.29 is 14.7 Å². The van der Waals surface area contributed by atoms with Crippen molar-refractivity contribution in [1.29, 1.82) is 0 Å². The van der Waals surface area contributed by atoms with E-state index < -0.39 is 12.0 Å². The molecule has 0 aromatic heterocycles. The molecule has 1 amide bonds. The number of hydrogen-bond donors (Lipinski definition) is 3. The summed E-state index contributed by atoms with van der Waals surface area (Å²) in [6, 6.07) is 16.8. The number of nitrogens with one attached hydrogen (secondary N) is 2. The van der Waals surface area contributed by atoms with E-state index in [9.17, 15) is 9.59 Å². The number of carboxylic acids is 1. The fourth-order valence-corrected chi connectivity index (χ4v) is 3.21. The van der Waals surface area contributed by atoms with Crippen LogP contribution in [0.2, 0.25) is 0 Å². The van der Waals surface area contributed by atoms with Crippen LogP contribution in [-0.4, -0.2) is 29.6 Å². The van der Waals surface area contributed by atoms with Crippen molar-refractivity contribution in [1.82, 2.24) is 5.32 Å². The van der Waals surface area contributed by atoms with Gasteiger partial charge in [0, 0.05) is 9.79 Å². The number of benzene rings is 2. The van der Waals surface area contributed by atoms with Gasteiger partial charge in [-0.05, 0) is 30.7 Å². The van der Waals surface area contributed by atoms with Crippen molar-refractivity contribution >= 4 is 29.3 Å². The average Bonchev–Trinajstić information content (AvgIpc) is 2.61. The Morgan fingerprint density at radius 2 is 1.76 bits per heavy atom. The summed E-state index contributed by atoms with van der Waals surface area (Å²) in [5, 5.41) is 14.8. The number of carbonyl (C=O) groups is 2. The van der Waals surface area contributed by atoms with Crippen molar-refractivity contribution in [2.75, 3.05) is 11.9 Å². The lowest BCUT2D eigenvalue weighted by Crippen LogP contribution is -2.41. The minimum atomic E-state index is -0.935. The molecule has 25 heavy (non-hydrogen) atoms. The van der Waals surface area contributed by atoms with Crippen LogP contribution in [0.3, 0.4) is 0 Å². The molecular weight excluding hydrogens is 336 g/mol. The Morgan fingerprint density at radius 1 is 1.08 bits per heavy atom. The van der Waals surface area contributed by atoms with Crippen LogP contribution in [0.1, 0.15) is 19.8 Å². The topological polar surface area (TPSA) is 78.4 Å². The van der Waals surface area contributed by atoms with Gasteiger partial charge in [0.15, 0.2) is 0 Å². The third-order valence-corrected chi connectivity index (χ3v) is 4.60. The van der Waals surface area contributed by atoms with Gasteiger partial charge in [0.05, 0.1) is 12.2 Å².